The second kappa shape index (κ2) is 9.86. The molecule has 0 atom stereocenters. The fourth-order valence-electron chi connectivity index (χ4n) is 2.71. The van der Waals surface area contributed by atoms with Gasteiger partial charge >= 0.3 is 0 Å². The number of nitriles is 1. The van der Waals surface area contributed by atoms with Crippen LogP contribution in [0.2, 0.25) is 0 Å². The lowest BCUT2D eigenvalue weighted by Gasteiger charge is -2.10. The van der Waals surface area contributed by atoms with Crippen LogP contribution in [0.4, 0.5) is 10.1 Å². The largest absolute Gasteiger partial charge is 0.488 e. The summed E-state index contributed by atoms with van der Waals surface area (Å²) < 4.78 is 20.0. The molecule has 0 aliphatic rings. The molecule has 0 aliphatic carbocycles. The highest BCUT2D eigenvalue weighted by atomic mass is 79.9. The maximum Gasteiger partial charge on any atom is 0.266 e. The van der Waals surface area contributed by atoms with Crippen LogP contribution in [0.1, 0.15) is 16.7 Å². The molecule has 6 heteroatoms. The van der Waals surface area contributed by atoms with E-state index in [9.17, 15) is 14.4 Å². The van der Waals surface area contributed by atoms with E-state index in [1.165, 1.54) is 12.1 Å². The van der Waals surface area contributed by atoms with E-state index in [0.717, 1.165) is 5.56 Å². The Morgan fingerprint density at radius 3 is 2.60 bits per heavy atom. The minimum atomic E-state index is -0.484. The number of carbonyl (C=O) groups is 1. The molecule has 0 heterocycles. The zero-order valence-electron chi connectivity index (χ0n) is 16.2. The van der Waals surface area contributed by atoms with Crippen molar-refractivity contribution in [1.29, 1.82) is 5.26 Å². The van der Waals surface area contributed by atoms with Gasteiger partial charge in [-0.15, -0.1) is 0 Å². The number of anilines is 1. The Balaban J connectivity index is 1.73. The Bertz CT molecular complexity index is 1150. The minimum absolute atomic E-state index is 0.0230. The van der Waals surface area contributed by atoms with Gasteiger partial charge in [0.25, 0.3) is 5.91 Å². The number of hydrogen-bond acceptors (Lipinski definition) is 3. The van der Waals surface area contributed by atoms with Crippen LogP contribution in [-0.2, 0) is 11.4 Å². The van der Waals surface area contributed by atoms with Crippen molar-refractivity contribution in [3.05, 3.63) is 99.3 Å². The monoisotopic (exact) mass is 464 g/mol. The van der Waals surface area contributed by atoms with Gasteiger partial charge in [-0.25, -0.2) is 4.39 Å². The van der Waals surface area contributed by atoms with Gasteiger partial charge in [0.15, 0.2) is 0 Å². The molecule has 3 rings (SSSR count). The summed E-state index contributed by atoms with van der Waals surface area (Å²) in [5, 5.41) is 12.2. The standard InChI is InChI=1S/C24H18BrFN2O2/c1-16-6-2-5-9-22(16)28-24(29)19(14-27)12-17-10-11-23(20(25)13-17)30-15-18-7-3-4-8-21(18)26/h2-13H,15H2,1H3,(H,28,29)/b19-12-. The number of benzene rings is 3. The first-order valence-electron chi connectivity index (χ1n) is 9.12. The number of amides is 1. The van der Waals surface area contributed by atoms with Crippen LogP contribution in [-0.4, -0.2) is 5.91 Å². The number of nitrogens with one attached hydrogen (secondary N) is 1. The lowest BCUT2D eigenvalue weighted by atomic mass is 10.1. The van der Waals surface area contributed by atoms with Gasteiger partial charge in [0.05, 0.1) is 4.47 Å². The van der Waals surface area contributed by atoms with Crippen LogP contribution in [0, 0.1) is 24.1 Å². The number of carbonyl (C=O) groups excluding carboxylic acids is 1. The third-order valence-electron chi connectivity index (χ3n) is 4.37. The van der Waals surface area contributed by atoms with E-state index < -0.39 is 5.91 Å². The van der Waals surface area contributed by atoms with Crippen LogP contribution in [0.15, 0.2) is 76.8 Å². The molecule has 0 radical (unpaired) electrons. The van der Waals surface area contributed by atoms with Crippen LogP contribution < -0.4 is 10.1 Å². The van der Waals surface area contributed by atoms with Crippen molar-refractivity contribution in [2.75, 3.05) is 5.32 Å². The molecule has 4 nitrogen and oxygen atoms in total. The van der Waals surface area contributed by atoms with Crippen molar-refractivity contribution >= 4 is 33.6 Å². The topological polar surface area (TPSA) is 62.1 Å². The van der Waals surface area contributed by atoms with Gasteiger partial charge in [-0.1, -0.05) is 42.5 Å². The van der Waals surface area contributed by atoms with Gasteiger partial charge in [-0.2, -0.15) is 5.26 Å². The normalized spacial score (nSPS) is 10.9. The summed E-state index contributed by atoms with van der Waals surface area (Å²) in [5.41, 5.74) is 2.64. The van der Waals surface area contributed by atoms with Gasteiger partial charge in [-0.3, -0.25) is 4.79 Å². The molecule has 3 aromatic rings. The molecule has 0 aromatic heterocycles. The van der Waals surface area contributed by atoms with E-state index in [4.69, 9.17) is 4.74 Å². The smallest absolute Gasteiger partial charge is 0.266 e. The van der Waals surface area contributed by atoms with Crippen LogP contribution >= 0.6 is 15.9 Å². The van der Waals surface area contributed by atoms with Gasteiger partial charge in [-0.05, 0) is 64.3 Å². The third-order valence-corrected chi connectivity index (χ3v) is 4.99. The average Bonchev–Trinajstić information content (AvgIpc) is 2.74. The first-order chi connectivity index (χ1) is 14.5. The molecule has 0 fully saturated rings. The van der Waals surface area contributed by atoms with Gasteiger partial charge in [0.1, 0.15) is 29.8 Å². The minimum Gasteiger partial charge on any atom is -0.488 e. The van der Waals surface area contributed by atoms with Crippen molar-refractivity contribution in [3.63, 3.8) is 0 Å². The predicted molar refractivity (Wildman–Crippen MR) is 118 cm³/mol. The van der Waals surface area contributed by atoms with E-state index in [1.54, 1.807) is 42.5 Å². The molecule has 3 aromatic carbocycles. The highest BCUT2D eigenvalue weighted by molar-refractivity contribution is 9.10. The molecule has 0 spiro atoms. The second-order valence-corrected chi connectivity index (χ2v) is 7.36. The number of halogens is 2. The molecule has 0 aliphatic heterocycles. The SMILES string of the molecule is Cc1ccccc1NC(=O)/C(C#N)=C\c1ccc(OCc2ccccc2F)c(Br)c1. The van der Waals surface area contributed by atoms with E-state index in [0.29, 0.717) is 27.0 Å². The number of aryl methyl sites for hydroxylation is 1. The van der Waals surface area contributed by atoms with E-state index in [-0.39, 0.29) is 18.0 Å². The van der Waals surface area contributed by atoms with Gasteiger partial charge in [0.2, 0.25) is 0 Å². The predicted octanol–water partition coefficient (Wildman–Crippen LogP) is 6.02. The molecule has 0 saturated carbocycles. The van der Waals surface area contributed by atoms with E-state index in [2.05, 4.69) is 21.2 Å². The molecule has 1 amide bonds. The van der Waals surface area contributed by atoms with Gasteiger partial charge < -0.3 is 10.1 Å². The summed E-state index contributed by atoms with van der Waals surface area (Å²) in [7, 11) is 0. The summed E-state index contributed by atoms with van der Waals surface area (Å²) >= 11 is 3.42. The Kier molecular flexibility index (Phi) is 6.99. The highest BCUT2D eigenvalue weighted by Gasteiger charge is 2.12. The van der Waals surface area contributed by atoms with Crippen molar-refractivity contribution in [1.82, 2.24) is 0 Å². The Hall–Kier alpha value is -3.43. The number of rotatable bonds is 6. The number of nitrogens with zero attached hydrogens (tertiary/aromatic N) is 1. The third kappa shape index (κ3) is 5.34. The van der Waals surface area contributed by atoms with Gasteiger partial charge in [0, 0.05) is 11.3 Å². The summed E-state index contributed by atoms with van der Waals surface area (Å²) in [5.74, 6) is -0.285. The molecule has 30 heavy (non-hydrogen) atoms. The molecule has 1 N–H and O–H groups in total. The lowest BCUT2D eigenvalue weighted by molar-refractivity contribution is -0.112. The fourth-order valence-corrected chi connectivity index (χ4v) is 3.22. The Morgan fingerprint density at radius 2 is 1.90 bits per heavy atom. The molecular formula is C24H18BrFN2O2. The Morgan fingerprint density at radius 1 is 1.17 bits per heavy atom. The highest BCUT2D eigenvalue weighted by Crippen LogP contribution is 2.28. The average molecular weight is 465 g/mol. The summed E-state index contributed by atoms with van der Waals surface area (Å²) in [6.07, 6.45) is 1.50. The number of hydrogen-bond donors (Lipinski definition) is 1. The molecule has 0 saturated heterocycles. The first kappa shape index (κ1) is 21.3. The molecule has 150 valence electrons. The zero-order chi connectivity index (χ0) is 21.5. The molecule has 0 bridgehead atoms. The van der Waals surface area contributed by atoms with Crippen molar-refractivity contribution in [2.45, 2.75) is 13.5 Å². The van der Waals surface area contributed by atoms with E-state index in [1.807, 2.05) is 31.2 Å². The van der Waals surface area contributed by atoms with Crippen LogP contribution in [0.3, 0.4) is 0 Å². The number of ether oxygens (including phenoxy) is 1. The van der Waals surface area contributed by atoms with E-state index >= 15 is 0 Å². The van der Waals surface area contributed by atoms with Crippen molar-refractivity contribution in [3.8, 4) is 11.8 Å². The fraction of sp³-hybridized carbons (Fsp3) is 0.0833. The lowest BCUT2D eigenvalue weighted by Crippen LogP contribution is -2.14. The van der Waals surface area contributed by atoms with Crippen molar-refractivity contribution in [2.24, 2.45) is 0 Å². The first-order valence-corrected chi connectivity index (χ1v) is 9.92. The maximum absolute atomic E-state index is 13.7. The van der Waals surface area contributed by atoms with Crippen LogP contribution in [0.5, 0.6) is 5.75 Å². The second-order valence-electron chi connectivity index (χ2n) is 6.51. The quantitative estimate of drug-likeness (QED) is 0.358. The molecular weight excluding hydrogens is 447 g/mol. The van der Waals surface area contributed by atoms with Crippen molar-refractivity contribution < 1.29 is 13.9 Å². The number of para-hydroxylation sites is 1. The maximum atomic E-state index is 13.7. The summed E-state index contributed by atoms with van der Waals surface area (Å²) in [6, 6.07) is 20.8. The molecule has 0 unspecified atom stereocenters. The van der Waals surface area contributed by atoms with Crippen LogP contribution in [0.25, 0.3) is 6.08 Å². The summed E-state index contributed by atoms with van der Waals surface area (Å²) in [6.45, 7) is 1.96. The zero-order valence-corrected chi connectivity index (χ0v) is 17.7. The Labute approximate surface area is 182 Å². The summed E-state index contributed by atoms with van der Waals surface area (Å²) in [4.78, 5) is 12.5.